The predicted octanol–water partition coefficient (Wildman–Crippen LogP) is 2.76. The maximum atomic E-state index is 5.95. The van der Waals surface area contributed by atoms with Crippen LogP contribution in [0.2, 0.25) is 0 Å². The van der Waals surface area contributed by atoms with E-state index in [1.807, 2.05) is 18.2 Å². The lowest BCUT2D eigenvalue weighted by Crippen LogP contribution is -2.38. The van der Waals surface area contributed by atoms with Crippen LogP contribution in [-0.2, 0) is 17.7 Å². The van der Waals surface area contributed by atoms with Crippen LogP contribution in [-0.4, -0.2) is 55.0 Å². The molecule has 0 aliphatic heterocycles. The number of aliphatic imine (C=N–C) groups is 1. The Morgan fingerprint density at radius 1 is 1.16 bits per heavy atom. The number of nitrogens with one attached hydrogen (secondary N) is 2. The molecule has 0 radical (unpaired) electrons. The van der Waals surface area contributed by atoms with Crippen molar-refractivity contribution < 1.29 is 14.0 Å². The maximum Gasteiger partial charge on any atom is 0.276 e. The molecule has 2 heterocycles. The summed E-state index contributed by atoms with van der Waals surface area (Å²) in [6.45, 7) is 4.54. The smallest absolute Gasteiger partial charge is 0.276 e. The fourth-order valence-corrected chi connectivity index (χ4v) is 2.97. The second-order valence-electron chi connectivity index (χ2n) is 7.14. The molecule has 3 rings (SSSR count). The Bertz CT molecular complexity index is 990. The molecule has 9 nitrogen and oxygen atoms in total. The van der Waals surface area contributed by atoms with E-state index in [0.29, 0.717) is 56.1 Å². The van der Waals surface area contributed by atoms with Crippen LogP contribution in [0.5, 0.6) is 5.75 Å². The van der Waals surface area contributed by atoms with Gasteiger partial charge in [0.05, 0.1) is 6.61 Å². The highest BCUT2D eigenvalue weighted by Crippen LogP contribution is 2.20. The van der Waals surface area contributed by atoms with Crippen LogP contribution in [0.3, 0.4) is 0 Å². The van der Waals surface area contributed by atoms with Crippen molar-refractivity contribution in [1.29, 1.82) is 0 Å². The molecule has 3 aromatic rings. The molecule has 0 saturated heterocycles. The third kappa shape index (κ3) is 7.05. The van der Waals surface area contributed by atoms with Crippen LogP contribution in [0.4, 0.5) is 0 Å². The van der Waals surface area contributed by atoms with Crippen molar-refractivity contribution in [3.8, 4) is 17.3 Å². The van der Waals surface area contributed by atoms with Gasteiger partial charge in [-0.05, 0) is 30.7 Å². The van der Waals surface area contributed by atoms with Gasteiger partial charge in [-0.25, -0.2) is 0 Å². The quantitative estimate of drug-likeness (QED) is 0.267. The van der Waals surface area contributed by atoms with Gasteiger partial charge >= 0.3 is 0 Å². The summed E-state index contributed by atoms with van der Waals surface area (Å²) < 4.78 is 16.3. The molecule has 1 aromatic carbocycles. The van der Waals surface area contributed by atoms with Crippen molar-refractivity contribution in [3.05, 3.63) is 59.5 Å². The second kappa shape index (κ2) is 12.4. The first kappa shape index (κ1) is 23.2. The first-order valence-corrected chi connectivity index (χ1v) is 10.6. The first-order valence-electron chi connectivity index (χ1n) is 10.6. The summed E-state index contributed by atoms with van der Waals surface area (Å²) in [5.41, 5.74) is 2.88. The molecule has 170 valence electrons. The van der Waals surface area contributed by atoms with Crippen LogP contribution >= 0.6 is 0 Å². The van der Waals surface area contributed by atoms with Gasteiger partial charge in [0.1, 0.15) is 11.4 Å². The van der Waals surface area contributed by atoms with Crippen LogP contribution in [0.1, 0.15) is 23.4 Å². The third-order valence-electron chi connectivity index (χ3n) is 4.64. The molecule has 0 aliphatic rings. The summed E-state index contributed by atoms with van der Waals surface area (Å²) in [4.78, 5) is 12.9. The maximum absolute atomic E-state index is 5.95. The minimum Gasteiger partial charge on any atom is -0.493 e. The lowest BCUT2D eigenvalue weighted by atomic mass is 10.1. The van der Waals surface area contributed by atoms with Gasteiger partial charge in [0, 0.05) is 58.5 Å². The molecule has 32 heavy (non-hydrogen) atoms. The van der Waals surface area contributed by atoms with Gasteiger partial charge in [-0.2, -0.15) is 4.98 Å². The zero-order valence-electron chi connectivity index (χ0n) is 18.8. The monoisotopic (exact) mass is 438 g/mol. The van der Waals surface area contributed by atoms with Crippen LogP contribution in [0.15, 0.2) is 52.1 Å². The van der Waals surface area contributed by atoms with Gasteiger partial charge in [0.15, 0.2) is 11.8 Å². The molecule has 0 bridgehead atoms. The Morgan fingerprint density at radius 3 is 2.84 bits per heavy atom. The highest BCUT2D eigenvalue weighted by Gasteiger charge is 2.10. The van der Waals surface area contributed by atoms with E-state index in [1.54, 1.807) is 20.4 Å². The lowest BCUT2D eigenvalue weighted by Gasteiger charge is -2.15. The van der Waals surface area contributed by atoms with Crippen molar-refractivity contribution in [1.82, 2.24) is 25.8 Å². The number of aryl methyl sites for hydroxylation is 1. The molecule has 0 unspecified atom stereocenters. The largest absolute Gasteiger partial charge is 0.493 e. The van der Waals surface area contributed by atoms with E-state index < -0.39 is 0 Å². The number of benzene rings is 1. The highest BCUT2D eigenvalue weighted by atomic mass is 16.5. The van der Waals surface area contributed by atoms with E-state index in [9.17, 15) is 0 Å². The van der Waals surface area contributed by atoms with Gasteiger partial charge in [0.25, 0.3) is 5.89 Å². The summed E-state index contributed by atoms with van der Waals surface area (Å²) in [7, 11) is 3.43. The SMILES string of the molecule is CN=C(NCCc1noc(-c2ccccn2)n1)NCc1ccc(C)cc1OCCCOC. The van der Waals surface area contributed by atoms with Crippen molar-refractivity contribution in [2.24, 2.45) is 4.99 Å². The Balaban J connectivity index is 1.48. The first-order chi connectivity index (χ1) is 15.7. The van der Waals surface area contributed by atoms with E-state index in [1.165, 1.54) is 0 Å². The van der Waals surface area contributed by atoms with Crippen molar-refractivity contribution >= 4 is 5.96 Å². The number of nitrogens with zero attached hydrogens (tertiary/aromatic N) is 4. The Labute approximate surface area is 188 Å². The fourth-order valence-electron chi connectivity index (χ4n) is 2.97. The molecular formula is C23H30N6O3. The number of methoxy groups -OCH3 is 1. The average molecular weight is 439 g/mol. The predicted molar refractivity (Wildman–Crippen MR) is 123 cm³/mol. The topological polar surface area (TPSA) is 107 Å². The molecule has 0 aliphatic carbocycles. The second-order valence-corrected chi connectivity index (χ2v) is 7.14. The van der Waals surface area contributed by atoms with Gasteiger partial charge < -0.3 is 24.6 Å². The summed E-state index contributed by atoms with van der Waals surface area (Å²) in [5, 5.41) is 10.6. The minimum absolute atomic E-state index is 0.417. The van der Waals surface area contributed by atoms with Gasteiger partial charge in [-0.1, -0.05) is 23.4 Å². The Hall–Kier alpha value is -3.46. The number of aromatic nitrogens is 3. The van der Waals surface area contributed by atoms with Gasteiger partial charge in [-0.3, -0.25) is 9.98 Å². The Kier molecular flexibility index (Phi) is 9.00. The van der Waals surface area contributed by atoms with Gasteiger partial charge in [-0.15, -0.1) is 0 Å². The van der Waals surface area contributed by atoms with Crippen molar-refractivity contribution in [2.45, 2.75) is 26.3 Å². The number of hydrogen-bond acceptors (Lipinski definition) is 7. The van der Waals surface area contributed by atoms with E-state index in [0.717, 1.165) is 23.3 Å². The number of pyridine rings is 1. The fraction of sp³-hybridized carbons (Fsp3) is 0.391. The van der Waals surface area contributed by atoms with E-state index in [-0.39, 0.29) is 0 Å². The summed E-state index contributed by atoms with van der Waals surface area (Å²) >= 11 is 0. The molecule has 9 heteroatoms. The molecule has 0 amide bonds. The number of ether oxygens (including phenoxy) is 2. The lowest BCUT2D eigenvalue weighted by molar-refractivity contribution is 0.171. The van der Waals surface area contributed by atoms with Crippen LogP contribution in [0.25, 0.3) is 11.6 Å². The van der Waals surface area contributed by atoms with E-state index >= 15 is 0 Å². The number of rotatable bonds is 11. The summed E-state index contributed by atoms with van der Waals surface area (Å²) in [6.07, 6.45) is 3.13. The van der Waals surface area contributed by atoms with Crippen molar-refractivity contribution in [3.63, 3.8) is 0 Å². The number of hydrogen-bond donors (Lipinski definition) is 2. The molecule has 0 atom stereocenters. The van der Waals surface area contributed by atoms with Crippen LogP contribution < -0.4 is 15.4 Å². The zero-order valence-corrected chi connectivity index (χ0v) is 18.8. The highest BCUT2D eigenvalue weighted by molar-refractivity contribution is 5.79. The molecule has 2 aromatic heterocycles. The van der Waals surface area contributed by atoms with Crippen LogP contribution in [0, 0.1) is 6.92 Å². The molecule has 2 N–H and O–H groups in total. The molecule has 0 spiro atoms. The summed E-state index contributed by atoms with van der Waals surface area (Å²) in [5.74, 6) is 2.58. The third-order valence-corrected chi connectivity index (χ3v) is 4.64. The minimum atomic E-state index is 0.417. The van der Waals surface area contributed by atoms with Gasteiger partial charge in [0.2, 0.25) is 0 Å². The standard InChI is InChI=1S/C23H30N6O3/c1-17-8-9-18(20(15-17)31-14-6-13-30-3)16-27-23(24-2)26-12-10-21-28-22(32-29-21)19-7-4-5-11-25-19/h4-5,7-9,11,15H,6,10,12-14,16H2,1-3H3,(H2,24,26,27). The van der Waals surface area contributed by atoms with Crippen molar-refractivity contribution in [2.75, 3.05) is 33.9 Å². The molecule has 0 saturated carbocycles. The number of guanidine groups is 1. The summed E-state index contributed by atoms with van der Waals surface area (Å²) in [6, 6.07) is 11.8. The Morgan fingerprint density at radius 2 is 2.06 bits per heavy atom. The average Bonchev–Trinajstić information content (AvgIpc) is 3.29. The molecular weight excluding hydrogens is 408 g/mol. The van der Waals surface area contributed by atoms with E-state index in [2.05, 4.69) is 55.9 Å². The normalized spacial score (nSPS) is 11.4. The molecule has 0 fully saturated rings. The van der Waals surface area contributed by atoms with E-state index in [4.69, 9.17) is 14.0 Å². The zero-order chi connectivity index (χ0) is 22.6.